The van der Waals surface area contributed by atoms with Crippen molar-refractivity contribution in [3.63, 3.8) is 0 Å². The maximum atomic E-state index is 8.50. The molecular formula is C5H11NO. The fourth-order valence-corrected chi connectivity index (χ4v) is 0.250. The van der Waals surface area contributed by atoms with Gasteiger partial charge in [0.1, 0.15) is 0 Å². The molecule has 0 saturated carbocycles. The van der Waals surface area contributed by atoms with E-state index in [9.17, 15) is 0 Å². The number of likely N-dealkylation sites (N-methyl/N-ethyl adjacent to an activating group) is 1. The molecule has 0 aliphatic heterocycles. The lowest BCUT2D eigenvalue weighted by molar-refractivity contribution is 0.411. The first kappa shape index (κ1) is 6.50. The zero-order valence-electron chi connectivity index (χ0n) is 4.73. The fourth-order valence-electron chi connectivity index (χ4n) is 0.250. The average Bonchev–Trinajstić information content (AvgIpc) is 1.61. The van der Waals surface area contributed by atoms with E-state index < -0.39 is 0 Å². The minimum absolute atomic E-state index is 0.370. The van der Waals surface area contributed by atoms with E-state index in [0.29, 0.717) is 5.76 Å². The Morgan fingerprint density at radius 2 is 2.43 bits per heavy atom. The van der Waals surface area contributed by atoms with E-state index in [1.807, 2.05) is 7.05 Å². The molecule has 0 aliphatic carbocycles. The van der Waals surface area contributed by atoms with E-state index in [4.69, 9.17) is 5.11 Å². The Balaban J connectivity index is 3.08. The van der Waals surface area contributed by atoms with Crippen molar-refractivity contribution in [2.75, 3.05) is 13.6 Å². The summed E-state index contributed by atoms with van der Waals surface area (Å²) in [5.74, 6) is 0.370. The topological polar surface area (TPSA) is 32.3 Å². The Morgan fingerprint density at radius 1 is 1.86 bits per heavy atom. The van der Waals surface area contributed by atoms with Crippen LogP contribution in [0.15, 0.2) is 11.8 Å². The fraction of sp³-hybridized carbons (Fsp3) is 0.600. The van der Waals surface area contributed by atoms with Crippen LogP contribution in [-0.4, -0.2) is 18.7 Å². The Morgan fingerprint density at radius 3 is 2.57 bits per heavy atom. The van der Waals surface area contributed by atoms with Gasteiger partial charge in [-0.05, 0) is 20.0 Å². The number of aliphatic hydroxyl groups excluding tert-OH is 1. The smallest absolute Gasteiger partial charge is 0.0864 e. The molecule has 2 heteroatoms. The third-order valence-electron chi connectivity index (χ3n) is 0.602. The predicted octanol–water partition coefficient (Wildman–Crippen LogP) is 0.668. The first-order chi connectivity index (χ1) is 3.27. The van der Waals surface area contributed by atoms with Crippen molar-refractivity contribution in [1.82, 2.24) is 5.32 Å². The normalized spacial score (nSPS) is 12.0. The quantitative estimate of drug-likeness (QED) is 0.501. The summed E-state index contributed by atoms with van der Waals surface area (Å²) < 4.78 is 0. The van der Waals surface area contributed by atoms with E-state index >= 15 is 0 Å². The summed E-state index contributed by atoms with van der Waals surface area (Å²) in [5.41, 5.74) is 0. The minimum Gasteiger partial charge on any atom is -0.513 e. The Kier molecular flexibility index (Phi) is 3.42. The highest BCUT2D eigenvalue weighted by molar-refractivity contribution is 4.86. The molecule has 7 heavy (non-hydrogen) atoms. The van der Waals surface area contributed by atoms with Gasteiger partial charge in [-0.1, -0.05) is 0 Å². The van der Waals surface area contributed by atoms with Crippen molar-refractivity contribution < 1.29 is 5.11 Å². The number of nitrogens with one attached hydrogen (secondary N) is 1. The molecule has 0 saturated heterocycles. The van der Waals surface area contributed by atoms with Crippen molar-refractivity contribution in [3.05, 3.63) is 11.8 Å². The van der Waals surface area contributed by atoms with E-state index in [0.717, 1.165) is 6.54 Å². The van der Waals surface area contributed by atoms with Crippen molar-refractivity contribution in [3.8, 4) is 0 Å². The number of hydrogen-bond acceptors (Lipinski definition) is 2. The molecule has 0 aromatic carbocycles. The molecule has 0 radical (unpaired) electrons. The van der Waals surface area contributed by atoms with Crippen LogP contribution >= 0.6 is 0 Å². The molecule has 0 rings (SSSR count). The molecule has 0 bridgehead atoms. The van der Waals surface area contributed by atoms with Crippen LogP contribution in [0.25, 0.3) is 0 Å². The molecule has 0 aromatic rings. The van der Waals surface area contributed by atoms with Crippen LogP contribution in [0.3, 0.4) is 0 Å². The Labute approximate surface area is 43.9 Å². The highest BCUT2D eigenvalue weighted by atomic mass is 16.3. The largest absolute Gasteiger partial charge is 0.513 e. The molecule has 0 atom stereocenters. The summed E-state index contributed by atoms with van der Waals surface area (Å²) in [6.45, 7) is 2.39. The molecule has 42 valence electrons. The van der Waals surface area contributed by atoms with Crippen LogP contribution in [0.2, 0.25) is 0 Å². The van der Waals surface area contributed by atoms with Gasteiger partial charge in [-0.15, -0.1) is 0 Å². The number of rotatable bonds is 2. The summed E-state index contributed by atoms with van der Waals surface area (Å²) in [6.07, 6.45) is 1.71. The first-order valence-electron chi connectivity index (χ1n) is 2.27. The van der Waals surface area contributed by atoms with Gasteiger partial charge in [-0.3, -0.25) is 0 Å². The van der Waals surface area contributed by atoms with Gasteiger partial charge in [0.25, 0.3) is 0 Å². The highest BCUT2D eigenvalue weighted by Gasteiger charge is 1.73. The van der Waals surface area contributed by atoms with Gasteiger partial charge in [-0.2, -0.15) is 0 Å². The standard InChI is InChI=1S/C5H11NO/c1-5(7)3-4-6-2/h3,6-7H,4H2,1-2H3/b5-3-. The van der Waals surface area contributed by atoms with Gasteiger partial charge in [0.15, 0.2) is 0 Å². The molecule has 2 nitrogen and oxygen atoms in total. The lowest BCUT2D eigenvalue weighted by atomic mass is 10.5. The molecule has 0 heterocycles. The molecular weight excluding hydrogens is 90.1 g/mol. The number of allylic oxidation sites excluding steroid dienone is 1. The van der Waals surface area contributed by atoms with Gasteiger partial charge < -0.3 is 10.4 Å². The lowest BCUT2D eigenvalue weighted by Crippen LogP contribution is -2.04. The van der Waals surface area contributed by atoms with E-state index in [1.165, 1.54) is 0 Å². The monoisotopic (exact) mass is 101 g/mol. The first-order valence-corrected chi connectivity index (χ1v) is 2.27. The zero-order chi connectivity index (χ0) is 5.70. The second-order valence-corrected chi connectivity index (χ2v) is 1.40. The lowest BCUT2D eigenvalue weighted by Gasteiger charge is -1.87. The van der Waals surface area contributed by atoms with Gasteiger partial charge in [0.2, 0.25) is 0 Å². The minimum atomic E-state index is 0.370. The Bertz CT molecular complexity index is 64.5. The van der Waals surface area contributed by atoms with E-state index in [2.05, 4.69) is 5.32 Å². The van der Waals surface area contributed by atoms with Crippen molar-refractivity contribution in [2.45, 2.75) is 6.92 Å². The number of aliphatic hydroxyl groups is 1. The molecule has 0 aromatic heterocycles. The summed E-state index contributed by atoms with van der Waals surface area (Å²) in [4.78, 5) is 0. The van der Waals surface area contributed by atoms with Crippen molar-refractivity contribution in [2.24, 2.45) is 0 Å². The third kappa shape index (κ3) is 5.50. The van der Waals surface area contributed by atoms with Gasteiger partial charge >= 0.3 is 0 Å². The zero-order valence-corrected chi connectivity index (χ0v) is 4.73. The SMILES string of the molecule is CNC/C=C(/C)O. The van der Waals surface area contributed by atoms with Crippen LogP contribution in [-0.2, 0) is 0 Å². The van der Waals surface area contributed by atoms with Gasteiger partial charge in [-0.25, -0.2) is 0 Å². The molecule has 0 spiro atoms. The van der Waals surface area contributed by atoms with Gasteiger partial charge in [0.05, 0.1) is 5.76 Å². The maximum absolute atomic E-state index is 8.50. The van der Waals surface area contributed by atoms with Crippen LogP contribution in [0, 0.1) is 0 Å². The maximum Gasteiger partial charge on any atom is 0.0864 e. The molecule has 0 aliphatic rings. The summed E-state index contributed by atoms with van der Waals surface area (Å²) in [5, 5.41) is 11.4. The molecule has 0 fully saturated rings. The number of hydrogen-bond donors (Lipinski definition) is 2. The van der Waals surface area contributed by atoms with Crippen molar-refractivity contribution >= 4 is 0 Å². The highest BCUT2D eigenvalue weighted by Crippen LogP contribution is 1.78. The second kappa shape index (κ2) is 3.68. The van der Waals surface area contributed by atoms with Gasteiger partial charge in [0, 0.05) is 6.54 Å². The molecule has 0 amide bonds. The summed E-state index contributed by atoms with van der Waals surface area (Å²) >= 11 is 0. The summed E-state index contributed by atoms with van der Waals surface area (Å²) in [7, 11) is 1.83. The Hall–Kier alpha value is -0.500. The third-order valence-corrected chi connectivity index (χ3v) is 0.602. The van der Waals surface area contributed by atoms with Crippen LogP contribution in [0.4, 0.5) is 0 Å². The van der Waals surface area contributed by atoms with Crippen LogP contribution < -0.4 is 5.32 Å². The van der Waals surface area contributed by atoms with Crippen molar-refractivity contribution in [1.29, 1.82) is 0 Å². The van der Waals surface area contributed by atoms with Crippen LogP contribution in [0.1, 0.15) is 6.92 Å². The summed E-state index contributed by atoms with van der Waals surface area (Å²) in [6, 6.07) is 0. The van der Waals surface area contributed by atoms with E-state index in [-0.39, 0.29) is 0 Å². The van der Waals surface area contributed by atoms with Crippen LogP contribution in [0.5, 0.6) is 0 Å². The average molecular weight is 101 g/mol. The van der Waals surface area contributed by atoms with E-state index in [1.54, 1.807) is 13.0 Å². The molecule has 2 N–H and O–H groups in total. The predicted molar refractivity (Wildman–Crippen MR) is 30.3 cm³/mol. The molecule has 0 unspecified atom stereocenters. The second-order valence-electron chi connectivity index (χ2n) is 1.40.